The van der Waals surface area contributed by atoms with Crippen LogP contribution in [0.3, 0.4) is 0 Å². The molecule has 0 radical (unpaired) electrons. The molecule has 124 valence electrons. The van der Waals surface area contributed by atoms with E-state index in [0.29, 0.717) is 11.5 Å². The fraction of sp³-hybridized carbons (Fsp3) is 0.222. The van der Waals surface area contributed by atoms with Gasteiger partial charge in [0.2, 0.25) is 0 Å². The molecule has 0 saturated heterocycles. The Morgan fingerprint density at radius 2 is 1.96 bits per heavy atom. The molecule has 3 aromatic rings. The molecule has 0 aliphatic carbocycles. The predicted octanol–water partition coefficient (Wildman–Crippen LogP) is 3.93. The number of nitrogens with zero attached hydrogens (tertiary/aromatic N) is 3. The van der Waals surface area contributed by atoms with Gasteiger partial charge in [-0.2, -0.15) is 0 Å². The molecule has 3 N–H and O–H groups in total. The van der Waals surface area contributed by atoms with Crippen LogP contribution in [0.15, 0.2) is 54.2 Å². The second kappa shape index (κ2) is 7.79. The Morgan fingerprint density at radius 1 is 1.12 bits per heavy atom. The molecule has 0 amide bonds. The maximum absolute atomic E-state index is 6.33. The van der Waals surface area contributed by atoms with E-state index in [1.807, 2.05) is 18.2 Å². The van der Waals surface area contributed by atoms with Crippen LogP contribution >= 0.6 is 11.3 Å². The number of hydrogen-bond acceptors (Lipinski definition) is 6. The molecule has 0 aliphatic rings. The van der Waals surface area contributed by atoms with Crippen LogP contribution in [0, 0.1) is 0 Å². The van der Waals surface area contributed by atoms with Gasteiger partial charge in [-0.3, -0.25) is 0 Å². The number of para-hydroxylation sites is 1. The van der Waals surface area contributed by atoms with Crippen LogP contribution in [-0.2, 0) is 6.42 Å². The average Bonchev–Trinajstić information content (AvgIpc) is 3.13. The number of benzene rings is 1. The fourth-order valence-corrected chi connectivity index (χ4v) is 3.27. The van der Waals surface area contributed by atoms with E-state index in [4.69, 9.17) is 5.73 Å². The number of nitrogens with one attached hydrogen (secondary N) is 1. The Balaban J connectivity index is 1.77. The molecule has 0 spiro atoms. The number of rotatable bonds is 7. The van der Waals surface area contributed by atoms with Crippen LogP contribution in [0.5, 0.6) is 0 Å². The summed E-state index contributed by atoms with van der Waals surface area (Å²) in [6, 6.07) is 14.3. The van der Waals surface area contributed by atoms with E-state index in [0.717, 1.165) is 31.0 Å². The molecular weight excluding hydrogens is 318 g/mol. The lowest BCUT2D eigenvalue weighted by Crippen LogP contribution is -2.20. The largest absolute Gasteiger partial charge is 0.393 e. The van der Waals surface area contributed by atoms with Crippen LogP contribution in [-0.4, -0.2) is 23.1 Å². The molecule has 0 atom stereocenters. The van der Waals surface area contributed by atoms with Gasteiger partial charge in [-0.1, -0.05) is 24.3 Å². The highest BCUT2D eigenvalue weighted by atomic mass is 32.1. The van der Waals surface area contributed by atoms with Crippen molar-refractivity contribution in [2.75, 3.05) is 29.0 Å². The first kappa shape index (κ1) is 16.3. The highest BCUT2D eigenvalue weighted by molar-refractivity contribution is 7.09. The van der Waals surface area contributed by atoms with Crippen LogP contribution in [0.2, 0.25) is 0 Å². The molecule has 24 heavy (non-hydrogen) atoms. The second-order valence-electron chi connectivity index (χ2n) is 5.30. The molecule has 2 heterocycles. The summed E-state index contributed by atoms with van der Waals surface area (Å²) in [5, 5.41) is 5.41. The fourth-order valence-electron chi connectivity index (χ4n) is 2.56. The molecule has 0 unspecified atom stereocenters. The summed E-state index contributed by atoms with van der Waals surface area (Å²) in [6.07, 6.45) is 2.51. The van der Waals surface area contributed by atoms with Crippen molar-refractivity contribution in [3.05, 3.63) is 59.0 Å². The van der Waals surface area contributed by atoms with Crippen molar-refractivity contribution in [1.82, 2.24) is 9.97 Å². The van der Waals surface area contributed by atoms with E-state index in [9.17, 15) is 0 Å². The minimum atomic E-state index is 0.578. The van der Waals surface area contributed by atoms with E-state index in [-0.39, 0.29) is 0 Å². The Bertz CT molecular complexity index is 758. The highest BCUT2D eigenvalue weighted by Crippen LogP contribution is 2.31. The van der Waals surface area contributed by atoms with Gasteiger partial charge in [-0.05, 0) is 36.9 Å². The number of nitrogen functional groups attached to an aromatic ring is 1. The van der Waals surface area contributed by atoms with Gasteiger partial charge in [-0.25, -0.2) is 9.97 Å². The SMILES string of the molecule is CCN(c1ccccc1)c1ncnc(NCCc2cccs2)c1N. The third-order valence-corrected chi connectivity index (χ3v) is 4.68. The standard InChI is InChI=1S/C18H21N5S/c1-2-23(14-7-4-3-5-8-14)18-16(19)17(21-13-22-18)20-11-10-15-9-6-12-24-15/h3-9,12-13H,2,10-11,19H2,1H3,(H,20,21,22). The maximum Gasteiger partial charge on any atom is 0.161 e. The highest BCUT2D eigenvalue weighted by Gasteiger charge is 2.15. The molecule has 2 aromatic heterocycles. The van der Waals surface area contributed by atoms with Gasteiger partial charge < -0.3 is 16.0 Å². The molecule has 0 bridgehead atoms. The Hall–Kier alpha value is -2.60. The van der Waals surface area contributed by atoms with Crippen molar-refractivity contribution in [2.24, 2.45) is 0 Å². The zero-order valence-corrected chi connectivity index (χ0v) is 14.5. The molecule has 0 aliphatic heterocycles. The smallest absolute Gasteiger partial charge is 0.161 e. The first-order valence-corrected chi connectivity index (χ1v) is 8.87. The molecule has 0 fully saturated rings. The number of nitrogens with two attached hydrogens (primary N) is 1. The molecule has 3 rings (SSSR count). The number of aromatic nitrogens is 2. The van der Waals surface area contributed by atoms with Gasteiger partial charge in [0.25, 0.3) is 0 Å². The zero-order valence-electron chi connectivity index (χ0n) is 13.6. The second-order valence-corrected chi connectivity index (χ2v) is 6.33. The maximum atomic E-state index is 6.33. The number of hydrogen-bond donors (Lipinski definition) is 2. The van der Waals surface area contributed by atoms with Crippen molar-refractivity contribution >= 4 is 34.3 Å². The van der Waals surface area contributed by atoms with Crippen molar-refractivity contribution in [2.45, 2.75) is 13.3 Å². The van der Waals surface area contributed by atoms with Gasteiger partial charge in [0.15, 0.2) is 11.6 Å². The minimum Gasteiger partial charge on any atom is -0.393 e. The lowest BCUT2D eigenvalue weighted by atomic mass is 10.2. The lowest BCUT2D eigenvalue weighted by molar-refractivity contribution is 0.970. The first-order chi connectivity index (χ1) is 11.8. The molecular formula is C18H21N5S. The summed E-state index contributed by atoms with van der Waals surface area (Å²) in [4.78, 5) is 12.1. The monoisotopic (exact) mass is 339 g/mol. The Morgan fingerprint density at radius 3 is 2.67 bits per heavy atom. The molecule has 1 aromatic carbocycles. The lowest BCUT2D eigenvalue weighted by Gasteiger charge is -2.24. The summed E-state index contributed by atoms with van der Waals surface area (Å²) in [6.45, 7) is 3.65. The molecule has 0 saturated carbocycles. The van der Waals surface area contributed by atoms with Crippen molar-refractivity contribution in [3.63, 3.8) is 0 Å². The number of anilines is 4. The van der Waals surface area contributed by atoms with Crippen LogP contribution in [0.1, 0.15) is 11.8 Å². The third-order valence-electron chi connectivity index (χ3n) is 3.75. The van der Waals surface area contributed by atoms with Gasteiger partial charge in [0, 0.05) is 23.7 Å². The van der Waals surface area contributed by atoms with E-state index >= 15 is 0 Å². The Labute approximate surface area is 146 Å². The van der Waals surface area contributed by atoms with Crippen molar-refractivity contribution in [1.29, 1.82) is 0 Å². The van der Waals surface area contributed by atoms with Gasteiger partial charge in [-0.15, -0.1) is 11.3 Å². The van der Waals surface area contributed by atoms with Gasteiger partial charge >= 0.3 is 0 Å². The van der Waals surface area contributed by atoms with Gasteiger partial charge in [0.05, 0.1) is 0 Å². The first-order valence-electron chi connectivity index (χ1n) is 7.99. The third kappa shape index (κ3) is 3.65. The minimum absolute atomic E-state index is 0.578. The molecule has 5 nitrogen and oxygen atoms in total. The van der Waals surface area contributed by atoms with E-state index < -0.39 is 0 Å². The Kier molecular flexibility index (Phi) is 5.28. The van der Waals surface area contributed by atoms with Crippen molar-refractivity contribution in [3.8, 4) is 0 Å². The zero-order chi connectivity index (χ0) is 16.8. The summed E-state index contributed by atoms with van der Waals surface area (Å²) in [5.74, 6) is 1.42. The topological polar surface area (TPSA) is 67.1 Å². The van der Waals surface area contributed by atoms with Crippen LogP contribution in [0.25, 0.3) is 0 Å². The van der Waals surface area contributed by atoms with Crippen LogP contribution < -0.4 is 16.0 Å². The summed E-state index contributed by atoms with van der Waals surface area (Å²) >= 11 is 1.76. The normalized spacial score (nSPS) is 10.5. The summed E-state index contributed by atoms with van der Waals surface area (Å²) < 4.78 is 0. The van der Waals surface area contributed by atoms with E-state index in [1.165, 1.54) is 4.88 Å². The van der Waals surface area contributed by atoms with Gasteiger partial charge in [0.1, 0.15) is 12.0 Å². The van der Waals surface area contributed by atoms with E-state index in [1.54, 1.807) is 17.7 Å². The average molecular weight is 339 g/mol. The predicted molar refractivity (Wildman–Crippen MR) is 102 cm³/mol. The molecule has 6 heteroatoms. The van der Waals surface area contributed by atoms with Crippen LogP contribution in [0.4, 0.5) is 23.0 Å². The van der Waals surface area contributed by atoms with E-state index in [2.05, 4.69) is 56.8 Å². The summed E-state index contributed by atoms with van der Waals surface area (Å²) in [7, 11) is 0. The van der Waals surface area contributed by atoms with Crippen molar-refractivity contribution < 1.29 is 0 Å². The number of thiophene rings is 1. The summed E-state index contributed by atoms with van der Waals surface area (Å²) in [5.41, 5.74) is 7.97. The quantitative estimate of drug-likeness (QED) is 0.682.